The largest absolute Gasteiger partial charge is 0.465 e. The third-order valence-corrected chi connectivity index (χ3v) is 14.2. The van der Waals surface area contributed by atoms with Crippen LogP contribution in [-0.2, 0) is 61.9 Å². The van der Waals surface area contributed by atoms with E-state index in [1.165, 1.54) is 4.90 Å². The van der Waals surface area contributed by atoms with Crippen LogP contribution >= 0.6 is 0 Å². The maximum atomic E-state index is 14.1. The van der Waals surface area contributed by atoms with E-state index in [9.17, 15) is 38.7 Å². The van der Waals surface area contributed by atoms with Gasteiger partial charge in [-0.15, -0.1) is 0 Å². The van der Waals surface area contributed by atoms with Gasteiger partial charge >= 0.3 is 41.9 Å². The van der Waals surface area contributed by atoms with Crippen molar-refractivity contribution in [2.24, 2.45) is 11.8 Å². The second-order valence-electron chi connectivity index (χ2n) is 21.8. The quantitative estimate of drug-likeness (QED) is 0.0260. The van der Waals surface area contributed by atoms with Gasteiger partial charge in [0.1, 0.15) is 13.2 Å². The van der Waals surface area contributed by atoms with Crippen LogP contribution in [0.25, 0.3) is 0 Å². The molecule has 79 heavy (non-hydrogen) atoms. The monoisotopic (exact) mass is 1120 g/mol. The second kappa shape index (κ2) is 50.7. The fraction of sp³-hybridized carbons (Fsp3) is 0.855. The van der Waals surface area contributed by atoms with Crippen molar-refractivity contribution in [3.8, 4) is 0 Å². The number of hydrogen-bond acceptors (Lipinski definition) is 16. The number of rotatable bonds is 51. The summed E-state index contributed by atoms with van der Waals surface area (Å²) in [6.07, 6.45) is 29.7. The molecule has 0 radical (unpaired) electrons. The SMILES string of the molecule is CCCCCCCCC(=O)OCC(COC(=O)CCCCCCCC)CC(=O)OC[C@H]1CC=CC[C@@H](COC(=O)CC(COC(=O)CCCCCCCC)COC(=O)CCCCCCCC)N1C(=O)OCCCN(C)CCCO. The highest BCUT2D eigenvalue weighted by atomic mass is 16.6. The molecule has 0 aliphatic carbocycles. The predicted octanol–water partition coefficient (Wildman–Crippen LogP) is 12.5. The van der Waals surface area contributed by atoms with E-state index in [4.69, 9.17) is 33.2 Å². The Morgan fingerprint density at radius 1 is 0.430 bits per heavy atom. The molecule has 0 aromatic heterocycles. The van der Waals surface area contributed by atoms with Crippen molar-refractivity contribution in [1.29, 1.82) is 0 Å². The molecule has 17 nitrogen and oxygen atoms in total. The van der Waals surface area contributed by atoms with E-state index < -0.39 is 42.0 Å². The molecule has 0 aromatic rings. The summed E-state index contributed by atoms with van der Waals surface area (Å²) in [7, 11) is 1.92. The maximum Gasteiger partial charge on any atom is 0.410 e. The lowest BCUT2D eigenvalue weighted by Gasteiger charge is -2.35. The number of amides is 1. The van der Waals surface area contributed by atoms with E-state index >= 15 is 0 Å². The number of aliphatic hydroxyl groups excluding tert-OH is 1. The average molecular weight is 1120 g/mol. The number of aliphatic hydroxyl groups is 1. The van der Waals surface area contributed by atoms with E-state index in [2.05, 4.69) is 27.7 Å². The molecule has 0 fully saturated rings. The minimum Gasteiger partial charge on any atom is -0.465 e. The molecule has 1 rings (SSSR count). The van der Waals surface area contributed by atoms with Gasteiger partial charge in [0.25, 0.3) is 0 Å². The highest BCUT2D eigenvalue weighted by Gasteiger charge is 2.35. The van der Waals surface area contributed by atoms with Crippen molar-refractivity contribution in [2.75, 3.05) is 73.0 Å². The zero-order valence-corrected chi connectivity index (χ0v) is 50.1. The van der Waals surface area contributed by atoms with E-state index in [1.54, 1.807) is 0 Å². The fourth-order valence-electron chi connectivity index (χ4n) is 9.28. The summed E-state index contributed by atoms with van der Waals surface area (Å²) in [5.74, 6) is -4.11. The Morgan fingerprint density at radius 2 is 0.747 bits per heavy atom. The third-order valence-electron chi connectivity index (χ3n) is 14.2. The van der Waals surface area contributed by atoms with Crippen molar-refractivity contribution in [3.63, 3.8) is 0 Å². The molecule has 0 spiro atoms. The second-order valence-corrected chi connectivity index (χ2v) is 21.8. The molecule has 0 saturated carbocycles. The van der Waals surface area contributed by atoms with Crippen molar-refractivity contribution in [2.45, 2.75) is 258 Å². The van der Waals surface area contributed by atoms with Crippen LogP contribution in [0.4, 0.5) is 4.79 Å². The minimum atomic E-state index is -0.722. The van der Waals surface area contributed by atoms with E-state index in [1.807, 2.05) is 24.1 Å². The molecule has 0 unspecified atom stereocenters. The molecule has 1 aliphatic heterocycles. The standard InChI is InChI=1S/C62H110N2O15/c1-6-10-14-18-22-26-36-56(66)74-46-52(47-75-57(67)37-27-23-19-15-11-7-2)44-60(70)78-50-54-34-30-31-35-55(64(54)62(72)73-43-33-41-63(5)40-32-42-65)51-79-61(71)45-53(48-76-58(68)38-28-24-20-16-12-8-3)49-77-59(69)39-29-25-21-17-13-9-4/h30-31,52-55,65H,6-29,32-51H2,1-5H3/t54-,55+. The molecule has 1 heterocycles. The normalized spacial score (nSPS) is 14.3. The Morgan fingerprint density at radius 3 is 1.08 bits per heavy atom. The Hall–Kier alpha value is -4.25. The molecule has 0 aromatic carbocycles. The van der Waals surface area contributed by atoms with Crippen LogP contribution in [0, 0.1) is 11.8 Å². The van der Waals surface area contributed by atoms with Gasteiger partial charge in [0.15, 0.2) is 0 Å². The van der Waals surface area contributed by atoms with Gasteiger partial charge in [-0.3, -0.25) is 33.7 Å². The smallest absolute Gasteiger partial charge is 0.410 e. The van der Waals surface area contributed by atoms with Crippen molar-refractivity contribution < 1.29 is 71.8 Å². The third kappa shape index (κ3) is 41.4. The first-order valence-electron chi connectivity index (χ1n) is 31.2. The lowest BCUT2D eigenvalue weighted by Crippen LogP contribution is -2.51. The molecule has 1 N–H and O–H groups in total. The molecule has 1 aliphatic rings. The first-order valence-corrected chi connectivity index (χ1v) is 31.2. The lowest BCUT2D eigenvalue weighted by molar-refractivity contribution is -0.156. The van der Waals surface area contributed by atoms with Crippen LogP contribution in [0.1, 0.15) is 246 Å². The number of esters is 6. The van der Waals surface area contributed by atoms with Crippen LogP contribution in [0.5, 0.6) is 0 Å². The zero-order chi connectivity index (χ0) is 58.0. The van der Waals surface area contributed by atoms with Gasteiger partial charge in [-0.25, -0.2) is 4.79 Å². The molecule has 0 bridgehead atoms. The topological polar surface area (TPSA) is 211 Å². The molecular formula is C62H110N2O15. The van der Waals surface area contributed by atoms with E-state index in [-0.39, 0.29) is 115 Å². The fourth-order valence-corrected chi connectivity index (χ4v) is 9.28. The number of carbonyl (C=O) groups excluding carboxylic acids is 7. The molecule has 2 atom stereocenters. The summed E-state index contributed by atoms with van der Waals surface area (Å²) < 4.78 is 40.0. The first kappa shape index (κ1) is 72.8. The summed E-state index contributed by atoms with van der Waals surface area (Å²) >= 11 is 0. The van der Waals surface area contributed by atoms with Crippen LogP contribution in [0.15, 0.2) is 12.2 Å². The van der Waals surface area contributed by atoms with Crippen LogP contribution in [0.3, 0.4) is 0 Å². The van der Waals surface area contributed by atoms with Gasteiger partial charge in [-0.1, -0.05) is 168 Å². The first-order chi connectivity index (χ1) is 38.4. The van der Waals surface area contributed by atoms with E-state index in [0.717, 1.165) is 128 Å². The maximum absolute atomic E-state index is 14.1. The summed E-state index contributed by atoms with van der Waals surface area (Å²) in [6, 6.07) is -1.44. The van der Waals surface area contributed by atoms with Gasteiger partial charge in [0.2, 0.25) is 0 Å². The molecule has 458 valence electrons. The highest BCUT2D eigenvalue weighted by molar-refractivity contribution is 5.73. The summed E-state index contributed by atoms with van der Waals surface area (Å²) in [5.41, 5.74) is 0. The average Bonchev–Trinajstić information content (AvgIpc) is 3.65. The van der Waals surface area contributed by atoms with Gasteiger partial charge in [-0.2, -0.15) is 0 Å². The minimum absolute atomic E-state index is 0.0700. The van der Waals surface area contributed by atoms with Gasteiger partial charge in [0, 0.05) is 57.2 Å². The molecule has 1 amide bonds. The Labute approximate surface area is 477 Å². The zero-order valence-electron chi connectivity index (χ0n) is 50.1. The number of unbranched alkanes of at least 4 members (excludes halogenated alkanes) is 20. The summed E-state index contributed by atoms with van der Waals surface area (Å²) in [5, 5.41) is 9.26. The predicted molar refractivity (Wildman–Crippen MR) is 307 cm³/mol. The highest BCUT2D eigenvalue weighted by Crippen LogP contribution is 2.23. The molecule has 17 heteroatoms. The Bertz CT molecular complexity index is 1470. The van der Waals surface area contributed by atoms with Crippen LogP contribution in [0.2, 0.25) is 0 Å². The van der Waals surface area contributed by atoms with Crippen LogP contribution < -0.4 is 0 Å². The molecular weight excluding hydrogens is 1010 g/mol. The lowest BCUT2D eigenvalue weighted by atomic mass is 10.1. The van der Waals surface area contributed by atoms with Gasteiger partial charge in [0.05, 0.1) is 58.0 Å². The number of carbonyl (C=O) groups is 7. The van der Waals surface area contributed by atoms with Crippen molar-refractivity contribution >= 4 is 41.9 Å². The molecule has 0 saturated heterocycles. The number of ether oxygens (including phenoxy) is 7. The van der Waals surface area contributed by atoms with Crippen molar-refractivity contribution in [3.05, 3.63) is 12.2 Å². The Balaban J connectivity index is 3.19. The summed E-state index contributed by atoms with van der Waals surface area (Å²) in [4.78, 5) is 96.1. The number of nitrogens with zero attached hydrogens (tertiary/aromatic N) is 2. The van der Waals surface area contributed by atoms with E-state index in [0.29, 0.717) is 64.5 Å². The summed E-state index contributed by atoms with van der Waals surface area (Å²) in [6.45, 7) is 9.06. The van der Waals surface area contributed by atoms with Gasteiger partial charge < -0.3 is 43.2 Å². The Kier molecular flexibility index (Phi) is 46.7. The van der Waals surface area contributed by atoms with Gasteiger partial charge in [-0.05, 0) is 58.4 Å². The van der Waals surface area contributed by atoms with Crippen molar-refractivity contribution in [1.82, 2.24) is 9.80 Å². The number of hydrogen-bond donors (Lipinski definition) is 1. The van der Waals surface area contributed by atoms with Crippen LogP contribution in [-0.4, -0.2) is 142 Å².